The highest BCUT2D eigenvalue weighted by atomic mass is 31.1. The molecule has 76 valence electrons. The molecule has 0 aliphatic rings. The number of furan rings is 1. The summed E-state index contributed by atoms with van der Waals surface area (Å²) in [6.45, 7) is 3.44. The summed E-state index contributed by atoms with van der Waals surface area (Å²) in [4.78, 5) is 0. The van der Waals surface area contributed by atoms with Crippen LogP contribution in [0.4, 0.5) is 0 Å². The zero-order valence-corrected chi connectivity index (χ0v) is 9.03. The quantitative estimate of drug-likeness (QED) is 0.597. The Balaban J connectivity index is 3.07. The number of aliphatic hydroxyl groups excluding tert-OH is 2. The first-order valence-electron chi connectivity index (χ1n) is 4.25. The third-order valence-electron chi connectivity index (χ3n) is 1.70. The molecular weight excluding hydrogens is 199 g/mol. The van der Waals surface area contributed by atoms with E-state index in [0.717, 1.165) is 0 Å². The van der Waals surface area contributed by atoms with Crippen LogP contribution < -0.4 is 5.50 Å². The third kappa shape index (κ3) is 2.18. The maximum Gasteiger partial charge on any atom is 0.140 e. The number of hydrogen-bond donors (Lipinski definition) is 2. The smallest absolute Gasteiger partial charge is 0.140 e. The largest absolute Gasteiger partial charge is 0.507 e. The second kappa shape index (κ2) is 4.87. The zero-order chi connectivity index (χ0) is 10.6. The SMILES string of the molecule is C/C=C(\O)P(/C(O)=C/C)c1ccco1. The van der Waals surface area contributed by atoms with Gasteiger partial charge in [-0.15, -0.1) is 0 Å². The van der Waals surface area contributed by atoms with Crippen LogP contribution in [0.2, 0.25) is 0 Å². The molecule has 0 unspecified atom stereocenters. The first kappa shape index (κ1) is 10.9. The van der Waals surface area contributed by atoms with Crippen LogP contribution in [0.25, 0.3) is 0 Å². The molecule has 1 aromatic rings. The Labute approximate surface area is 84.1 Å². The van der Waals surface area contributed by atoms with Crippen molar-refractivity contribution in [3.05, 3.63) is 41.5 Å². The maximum absolute atomic E-state index is 9.62. The molecule has 0 bridgehead atoms. The number of allylic oxidation sites excluding steroid dienone is 2. The Bertz CT molecular complexity index is 320. The van der Waals surface area contributed by atoms with Crippen LogP contribution in [0.1, 0.15) is 13.8 Å². The first-order valence-corrected chi connectivity index (χ1v) is 5.59. The number of hydrogen-bond acceptors (Lipinski definition) is 3. The van der Waals surface area contributed by atoms with Gasteiger partial charge in [0.2, 0.25) is 0 Å². The molecule has 0 spiro atoms. The monoisotopic (exact) mass is 212 g/mol. The fourth-order valence-corrected chi connectivity index (χ4v) is 2.60. The van der Waals surface area contributed by atoms with Crippen molar-refractivity contribution in [2.24, 2.45) is 0 Å². The highest BCUT2D eigenvalue weighted by Gasteiger charge is 2.22. The molecule has 0 aliphatic carbocycles. The predicted molar refractivity (Wildman–Crippen MR) is 58.0 cm³/mol. The first-order chi connectivity index (χ1) is 6.70. The van der Waals surface area contributed by atoms with E-state index >= 15 is 0 Å². The van der Waals surface area contributed by atoms with Gasteiger partial charge in [-0.25, -0.2) is 0 Å². The van der Waals surface area contributed by atoms with Crippen LogP contribution in [0.15, 0.2) is 46.0 Å². The molecule has 0 saturated heterocycles. The molecule has 0 radical (unpaired) electrons. The average Bonchev–Trinajstić information content (AvgIpc) is 2.70. The van der Waals surface area contributed by atoms with E-state index in [4.69, 9.17) is 4.42 Å². The summed E-state index contributed by atoms with van der Waals surface area (Å²) in [5.74, 6) is 0. The minimum Gasteiger partial charge on any atom is -0.507 e. The van der Waals surface area contributed by atoms with Crippen molar-refractivity contribution in [3.8, 4) is 0 Å². The lowest BCUT2D eigenvalue weighted by atomic mass is 10.7. The second-order valence-corrected chi connectivity index (χ2v) is 4.61. The van der Waals surface area contributed by atoms with Crippen molar-refractivity contribution in [2.45, 2.75) is 13.8 Å². The van der Waals surface area contributed by atoms with Crippen molar-refractivity contribution in [1.82, 2.24) is 0 Å². The van der Waals surface area contributed by atoms with Crippen molar-refractivity contribution >= 4 is 13.4 Å². The summed E-state index contributed by atoms with van der Waals surface area (Å²) < 4.78 is 5.17. The van der Waals surface area contributed by atoms with E-state index in [9.17, 15) is 10.2 Å². The van der Waals surface area contributed by atoms with Gasteiger partial charge in [0.15, 0.2) is 0 Å². The van der Waals surface area contributed by atoms with Crippen molar-refractivity contribution in [1.29, 1.82) is 0 Å². The molecule has 0 fully saturated rings. The minimum atomic E-state index is -1.27. The van der Waals surface area contributed by atoms with E-state index < -0.39 is 7.92 Å². The van der Waals surface area contributed by atoms with Gasteiger partial charge in [0.05, 0.1) is 14.2 Å². The fourth-order valence-electron chi connectivity index (χ4n) is 0.998. The van der Waals surface area contributed by atoms with Gasteiger partial charge in [-0.1, -0.05) is 0 Å². The van der Waals surface area contributed by atoms with Crippen molar-refractivity contribution in [2.75, 3.05) is 0 Å². The normalized spacial score (nSPS) is 15.6. The van der Waals surface area contributed by atoms with Crippen LogP contribution in [-0.2, 0) is 0 Å². The van der Waals surface area contributed by atoms with Gasteiger partial charge in [-0.2, -0.15) is 0 Å². The van der Waals surface area contributed by atoms with Gasteiger partial charge in [-0.3, -0.25) is 0 Å². The average molecular weight is 212 g/mol. The molecule has 0 saturated carbocycles. The van der Waals surface area contributed by atoms with Gasteiger partial charge in [0.25, 0.3) is 0 Å². The van der Waals surface area contributed by atoms with Crippen molar-refractivity contribution in [3.63, 3.8) is 0 Å². The molecule has 4 heteroatoms. The van der Waals surface area contributed by atoms with E-state index in [1.807, 2.05) is 0 Å². The molecule has 14 heavy (non-hydrogen) atoms. The fraction of sp³-hybridized carbons (Fsp3) is 0.200. The van der Waals surface area contributed by atoms with Crippen LogP contribution in [0.3, 0.4) is 0 Å². The van der Waals surface area contributed by atoms with Crippen LogP contribution in [0, 0.1) is 0 Å². The highest BCUT2D eigenvalue weighted by Crippen LogP contribution is 2.48. The van der Waals surface area contributed by atoms with Gasteiger partial charge >= 0.3 is 0 Å². The molecule has 2 N–H and O–H groups in total. The lowest BCUT2D eigenvalue weighted by molar-refractivity contribution is 0.433. The van der Waals surface area contributed by atoms with Crippen molar-refractivity contribution < 1.29 is 14.6 Å². The lowest BCUT2D eigenvalue weighted by Gasteiger charge is -2.12. The second-order valence-electron chi connectivity index (χ2n) is 2.58. The molecule has 0 amide bonds. The van der Waals surface area contributed by atoms with Gasteiger partial charge < -0.3 is 14.6 Å². The number of aliphatic hydroxyl groups is 2. The molecule has 3 nitrogen and oxygen atoms in total. The van der Waals surface area contributed by atoms with E-state index in [1.165, 1.54) is 6.26 Å². The summed E-state index contributed by atoms with van der Waals surface area (Å²) in [7, 11) is -1.27. The highest BCUT2D eigenvalue weighted by molar-refractivity contribution is 7.72. The lowest BCUT2D eigenvalue weighted by Crippen LogP contribution is -2.00. The van der Waals surface area contributed by atoms with Gasteiger partial charge in [-0.05, 0) is 38.1 Å². The minimum absolute atomic E-state index is 0.144. The topological polar surface area (TPSA) is 53.6 Å². The van der Waals surface area contributed by atoms with E-state index in [0.29, 0.717) is 5.50 Å². The summed E-state index contributed by atoms with van der Waals surface area (Å²) in [6.07, 6.45) is 4.65. The Hall–Kier alpha value is -1.21. The van der Waals surface area contributed by atoms with E-state index in [2.05, 4.69) is 0 Å². The molecule has 0 aromatic carbocycles. The molecular formula is C10H13O3P. The van der Waals surface area contributed by atoms with Gasteiger partial charge in [0.1, 0.15) is 16.5 Å². The Morgan fingerprint density at radius 2 is 1.86 bits per heavy atom. The summed E-state index contributed by atoms with van der Waals surface area (Å²) in [6, 6.07) is 3.47. The molecule has 1 heterocycles. The van der Waals surface area contributed by atoms with Crippen LogP contribution in [-0.4, -0.2) is 10.2 Å². The number of rotatable bonds is 3. The standard InChI is InChI=1S/C10H13O3P/c1-3-8(11)14(9(12)4-2)10-6-5-7-13-10/h3-7,11-12H,1-2H3/b8-3+,9-4+. The molecule has 0 atom stereocenters. The predicted octanol–water partition coefficient (Wildman–Crippen LogP) is 3.23. The Morgan fingerprint density at radius 1 is 1.29 bits per heavy atom. The maximum atomic E-state index is 9.62. The van der Waals surface area contributed by atoms with E-state index in [-0.39, 0.29) is 11.0 Å². The summed E-state index contributed by atoms with van der Waals surface area (Å²) in [5, 5.41) is 19.2. The summed E-state index contributed by atoms with van der Waals surface area (Å²) >= 11 is 0. The van der Waals surface area contributed by atoms with Gasteiger partial charge in [0, 0.05) is 0 Å². The Kier molecular flexibility index (Phi) is 3.78. The summed E-state index contributed by atoms with van der Waals surface area (Å²) in [5.41, 5.74) is 0.877. The third-order valence-corrected chi connectivity index (χ3v) is 3.83. The van der Waals surface area contributed by atoms with E-state index in [1.54, 1.807) is 38.1 Å². The molecule has 1 rings (SSSR count). The molecule has 1 aromatic heterocycles. The molecule has 0 aliphatic heterocycles. The zero-order valence-electron chi connectivity index (χ0n) is 8.14. The van der Waals surface area contributed by atoms with Crippen LogP contribution in [0.5, 0.6) is 0 Å². The Morgan fingerprint density at radius 3 is 2.21 bits per heavy atom. The van der Waals surface area contributed by atoms with Crippen LogP contribution >= 0.6 is 7.92 Å².